The molecule has 0 aliphatic heterocycles. The maximum atomic E-state index is 12.6. The van der Waals surface area contributed by atoms with E-state index in [-0.39, 0.29) is 11.8 Å². The fourth-order valence-corrected chi connectivity index (χ4v) is 2.82. The fraction of sp³-hybridized carbons (Fsp3) is 0.364. The third kappa shape index (κ3) is 5.49. The van der Waals surface area contributed by atoms with Crippen molar-refractivity contribution in [2.75, 3.05) is 18.5 Å². The van der Waals surface area contributed by atoms with Gasteiger partial charge in [0.2, 0.25) is 0 Å². The summed E-state index contributed by atoms with van der Waals surface area (Å²) in [5.74, 6) is 0.507. The Morgan fingerprint density at radius 1 is 1.14 bits per heavy atom. The second-order valence-electron chi connectivity index (χ2n) is 6.39. The van der Waals surface area contributed by atoms with Gasteiger partial charge in [-0.05, 0) is 67.3 Å². The van der Waals surface area contributed by atoms with Crippen molar-refractivity contribution in [3.8, 4) is 5.75 Å². The molecule has 0 heterocycles. The Hall–Kier alpha value is -3.02. The molecule has 0 radical (unpaired) electrons. The standard InChI is InChI=1S/C22H29N3O3/c1-4-13-28-19-12-9-17(14-15(19)5-2)20(22(26)27-6-3)25-18-10-7-16(8-11-18)21(23)24/h7-12,14,20,25H,4-6,13H2,1-3H3,(H3,23,24). The monoisotopic (exact) mass is 383 g/mol. The van der Waals surface area contributed by atoms with E-state index in [1.165, 1.54) is 0 Å². The van der Waals surface area contributed by atoms with Crippen LogP contribution in [0.3, 0.4) is 0 Å². The summed E-state index contributed by atoms with van der Waals surface area (Å²) in [6.07, 6.45) is 1.74. The summed E-state index contributed by atoms with van der Waals surface area (Å²) in [6.45, 7) is 6.88. The van der Waals surface area contributed by atoms with Crippen LogP contribution in [0.4, 0.5) is 5.69 Å². The number of rotatable bonds is 10. The first-order valence-electron chi connectivity index (χ1n) is 9.63. The zero-order valence-corrected chi connectivity index (χ0v) is 16.7. The second kappa shape index (κ2) is 10.3. The lowest BCUT2D eigenvalue weighted by Crippen LogP contribution is -2.23. The number of ether oxygens (including phenoxy) is 2. The van der Waals surface area contributed by atoms with E-state index in [4.69, 9.17) is 20.6 Å². The van der Waals surface area contributed by atoms with Crippen molar-refractivity contribution in [2.45, 2.75) is 39.7 Å². The van der Waals surface area contributed by atoms with Crippen LogP contribution in [0.2, 0.25) is 0 Å². The quantitative estimate of drug-likeness (QED) is 0.327. The Balaban J connectivity index is 2.32. The molecule has 2 aromatic rings. The largest absolute Gasteiger partial charge is 0.493 e. The molecule has 0 saturated heterocycles. The lowest BCUT2D eigenvalue weighted by Gasteiger charge is -2.21. The Labute approximate surface area is 166 Å². The predicted molar refractivity (Wildman–Crippen MR) is 112 cm³/mol. The summed E-state index contributed by atoms with van der Waals surface area (Å²) in [6, 6.07) is 12.2. The van der Waals surface area contributed by atoms with Gasteiger partial charge in [-0.2, -0.15) is 0 Å². The molecule has 6 heteroatoms. The van der Waals surface area contributed by atoms with Gasteiger partial charge in [-0.15, -0.1) is 0 Å². The average Bonchev–Trinajstić information content (AvgIpc) is 2.70. The summed E-state index contributed by atoms with van der Waals surface area (Å²) in [7, 11) is 0. The van der Waals surface area contributed by atoms with Crippen LogP contribution in [0.5, 0.6) is 5.75 Å². The van der Waals surface area contributed by atoms with Crippen LogP contribution < -0.4 is 15.8 Å². The molecular formula is C22H29N3O3. The number of benzene rings is 2. The van der Waals surface area contributed by atoms with Crippen molar-refractivity contribution in [1.82, 2.24) is 0 Å². The number of hydrogen-bond donors (Lipinski definition) is 3. The lowest BCUT2D eigenvalue weighted by atomic mass is 10.0. The highest BCUT2D eigenvalue weighted by Crippen LogP contribution is 2.27. The zero-order chi connectivity index (χ0) is 20.5. The molecule has 0 fully saturated rings. The van der Waals surface area contributed by atoms with Gasteiger partial charge in [0.05, 0.1) is 13.2 Å². The molecule has 0 aliphatic carbocycles. The third-order valence-corrected chi connectivity index (χ3v) is 4.29. The molecule has 2 rings (SSSR count). The van der Waals surface area contributed by atoms with Crippen LogP contribution in [0, 0.1) is 5.41 Å². The van der Waals surface area contributed by atoms with E-state index >= 15 is 0 Å². The molecule has 0 spiro atoms. The number of aryl methyl sites for hydroxylation is 1. The summed E-state index contributed by atoms with van der Waals surface area (Å²) in [5, 5.41) is 10.7. The Kier molecular flexibility index (Phi) is 7.87. The third-order valence-electron chi connectivity index (χ3n) is 4.29. The summed E-state index contributed by atoms with van der Waals surface area (Å²) < 4.78 is 11.1. The van der Waals surface area contributed by atoms with Crippen molar-refractivity contribution in [2.24, 2.45) is 5.73 Å². The molecule has 2 aromatic carbocycles. The van der Waals surface area contributed by atoms with Crippen LogP contribution in [-0.2, 0) is 16.0 Å². The number of anilines is 1. The fourth-order valence-electron chi connectivity index (χ4n) is 2.82. The maximum absolute atomic E-state index is 12.6. The highest BCUT2D eigenvalue weighted by atomic mass is 16.5. The SMILES string of the molecule is CCCOc1ccc(C(Nc2ccc(C(=N)N)cc2)C(=O)OCC)cc1CC. The van der Waals surface area contributed by atoms with Crippen molar-refractivity contribution < 1.29 is 14.3 Å². The summed E-state index contributed by atoms with van der Waals surface area (Å²) in [4.78, 5) is 12.6. The van der Waals surface area contributed by atoms with E-state index < -0.39 is 6.04 Å². The van der Waals surface area contributed by atoms with E-state index in [0.717, 1.165) is 35.4 Å². The van der Waals surface area contributed by atoms with Crippen molar-refractivity contribution >= 4 is 17.5 Å². The van der Waals surface area contributed by atoms with Gasteiger partial charge in [0, 0.05) is 11.3 Å². The lowest BCUT2D eigenvalue weighted by molar-refractivity contribution is -0.144. The van der Waals surface area contributed by atoms with Crippen LogP contribution in [0.1, 0.15) is 49.9 Å². The second-order valence-corrected chi connectivity index (χ2v) is 6.39. The van der Waals surface area contributed by atoms with Gasteiger partial charge < -0.3 is 20.5 Å². The van der Waals surface area contributed by atoms with Gasteiger partial charge in [0.15, 0.2) is 6.04 Å². The number of nitrogen functional groups attached to an aromatic ring is 1. The van der Waals surface area contributed by atoms with Gasteiger partial charge in [0.1, 0.15) is 11.6 Å². The van der Waals surface area contributed by atoms with E-state index in [1.54, 1.807) is 31.2 Å². The molecule has 0 saturated carbocycles. The van der Waals surface area contributed by atoms with Crippen molar-refractivity contribution in [3.63, 3.8) is 0 Å². The molecular weight excluding hydrogens is 354 g/mol. The van der Waals surface area contributed by atoms with Crippen LogP contribution in [0.15, 0.2) is 42.5 Å². The number of esters is 1. The van der Waals surface area contributed by atoms with E-state index in [9.17, 15) is 4.79 Å². The highest BCUT2D eigenvalue weighted by molar-refractivity contribution is 5.95. The molecule has 0 aromatic heterocycles. The molecule has 1 atom stereocenters. The van der Waals surface area contributed by atoms with Crippen molar-refractivity contribution in [1.29, 1.82) is 5.41 Å². The molecule has 0 bridgehead atoms. The minimum atomic E-state index is -0.645. The normalized spacial score (nSPS) is 11.5. The topological polar surface area (TPSA) is 97.4 Å². The number of nitrogens with two attached hydrogens (primary N) is 1. The molecule has 0 amide bonds. The number of carbonyl (C=O) groups excluding carboxylic acids is 1. The molecule has 4 N–H and O–H groups in total. The van der Waals surface area contributed by atoms with E-state index in [0.29, 0.717) is 18.8 Å². The molecule has 28 heavy (non-hydrogen) atoms. The van der Waals surface area contributed by atoms with Gasteiger partial charge in [0.25, 0.3) is 0 Å². The maximum Gasteiger partial charge on any atom is 0.333 e. The summed E-state index contributed by atoms with van der Waals surface area (Å²) in [5.41, 5.74) is 8.74. The van der Waals surface area contributed by atoms with Gasteiger partial charge in [-0.3, -0.25) is 5.41 Å². The van der Waals surface area contributed by atoms with Gasteiger partial charge in [-0.25, -0.2) is 4.79 Å². The molecule has 150 valence electrons. The number of nitrogens with one attached hydrogen (secondary N) is 2. The smallest absolute Gasteiger partial charge is 0.333 e. The zero-order valence-electron chi connectivity index (χ0n) is 16.7. The Morgan fingerprint density at radius 2 is 1.86 bits per heavy atom. The molecule has 6 nitrogen and oxygen atoms in total. The summed E-state index contributed by atoms with van der Waals surface area (Å²) >= 11 is 0. The van der Waals surface area contributed by atoms with E-state index in [2.05, 4.69) is 19.2 Å². The molecule has 1 unspecified atom stereocenters. The number of amidine groups is 1. The van der Waals surface area contributed by atoms with Crippen LogP contribution in [-0.4, -0.2) is 25.0 Å². The van der Waals surface area contributed by atoms with Gasteiger partial charge >= 0.3 is 5.97 Å². The number of hydrogen-bond acceptors (Lipinski definition) is 5. The highest BCUT2D eigenvalue weighted by Gasteiger charge is 2.23. The molecule has 0 aliphatic rings. The van der Waals surface area contributed by atoms with Gasteiger partial charge in [-0.1, -0.05) is 19.9 Å². The predicted octanol–water partition coefficient (Wildman–Crippen LogP) is 4.04. The minimum Gasteiger partial charge on any atom is -0.493 e. The number of carbonyl (C=O) groups is 1. The first-order chi connectivity index (χ1) is 13.5. The van der Waals surface area contributed by atoms with Crippen LogP contribution in [0.25, 0.3) is 0 Å². The minimum absolute atomic E-state index is 0.00347. The van der Waals surface area contributed by atoms with Crippen molar-refractivity contribution in [3.05, 3.63) is 59.2 Å². The Bertz CT molecular complexity index is 803. The average molecular weight is 383 g/mol. The first-order valence-corrected chi connectivity index (χ1v) is 9.63. The Morgan fingerprint density at radius 3 is 2.43 bits per heavy atom. The van der Waals surface area contributed by atoms with E-state index in [1.807, 2.05) is 18.2 Å². The van der Waals surface area contributed by atoms with Crippen LogP contribution >= 0.6 is 0 Å². The first kappa shape index (κ1) is 21.3.